The van der Waals surface area contributed by atoms with Gasteiger partial charge in [0.2, 0.25) is 5.79 Å². The monoisotopic (exact) mass is 702 g/mol. The quantitative estimate of drug-likeness (QED) is 0.173. The van der Waals surface area contributed by atoms with Crippen LogP contribution in [0.25, 0.3) is 0 Å². The maximum atomic E-state index is 13.5. The second-order valence-corrected chi connectivity index (χ2v) is 12.7. The van der Waals surface area contributed by atoms with Crippen molar-refractivity contribution in [3.63, 3.8) is 0 Å². The smallest absolute Gasteiger partial charge is 0.255 e. The third kappa shape index (κ3) is 7.65. The molecule has 0 spiro atoms. The lowest BCUT2D eigenvalue weighted by Crippen LogP contribution is -2.46. The fourth-order valence-electron chi connectivity index (χ4n) is 6.04. The highest BCUT2D eigenvalue weighted by Crippen LogP contribution is 2.40. The number of ether oxygens (including phenoxy) is 3. The summed E-state index contributed by atoms with van der Waals surface area (Å²) in [5.41, 5.74) is 3.79. The molecule has 1 N–H and O–H groups in total. The van der Waals surface area contributed by atoms with Crippen LogP contribution in [0.4, 0.5) is 21.5 Å². The van der Waals surface area contributed by atoms with Crippen LogP contribution in [0.2, 0.25) is 10.0 Å². The lowest BCUT2D eigenvalue weighted by Gasteiger charge is -2.37. The van der Waals surface area contributed by atoms with Gasteiger partial charge in [-0.3, -0.25) is 4.79 Å². The van der Waals surface area contributed by atoms with Crippen LogP contribution in [-0.2, 0) is 21.8 Å². The summed E-state index contributed by atoms with van der Waals surface area (Å²) in [7, 11) is 0. The van der Waals surface area contributed by atoms with Crippen molar-refractivity contribution in [2.24, 2.45) is 0 Å². The summed E-state index contributed by atoms with van der Waals surface area (Å²) < 4.78 is 33.9. The molecule has 1 aromatic heterocycles. The van der Waals surface area contributed by atoms with Gasteiger partial charge >= 0.3 is 0 Å². The Bertz CT molecular complexity index is 1890. The first-order valence-electron chi connectivity index (χ1n) is 15.8. The predicted octanol–water partition coefficient (Wildman–Crippen LogP) is 6.65. The van der Waals surface area contributed by atoms with Gasteiger partial charge in [0.1, 0.15) is 43.5 Å². The van der Waals surface area contributed by atoms with E-state index in [0.29, 0.717) is 27.9 Å². The molecule has 0 radical (unpaired) electrons. The Morgan fingerprint density at radius 3 is 2.31 bits per heavy atom. The van der Waals surface area contributed by atoms with Gasteiger partial charge in [-0.2, -0.15) is 5.10 Å². The predicted molar refractivity (Wildman–Crippen MR) is 186 cm³/mol. The van der Waals surface area contributed by atoms with Gasteiger partial charge < -0.3 is 29.3 Å². The number of aromatic nitrogens is 3. The van der Waals surface area contributed by atoms with Crippen molar-refractivity contribution in [2.45, 2.75) is 18.4 Å². The van der Waals surface area contributed by atoms with E-state index in [4.69, 9.17) is 37.4 Å². The zero-order chi connectivity index (χ0) is 33.8. The fourth-order valence-corrected chi connectivity index (χ4v) is 6.59. The molecule has 252 valence electrons. The molecule has 0 unspecified atom stereocenters. The van der Waals surface area contributed by atoms with E-state index in [1.54, 1.807) is 35.3 Å². The zero-order valence-electron chi connectivity index (χ0n) is 26.3. The van der Waals surface area contributed by atoms with E-state index in [0.717, 1.165) is 43.3 Å². The van der Waals surface area contributed by atoms with Gasteiger partial charge in [0.15, 0.2) is 0 Å². The topological polar surface area (TPSA) is 94.0 Å². The van der Waals surface area contributed by atoms with Crippen molar-refractivity contribution in [3.8, 4) is 5.75 Å². The minimum atomic E-state index is -1.17. The molecule has 5 aromatic rings. The van der Waals surface area contributed by atoms with E-state index in [1.165, 1.54) is 24.5 Å². The van der Waals surface area contributed by atoms with E-state index < -0.39 is 11.6 Å². The van der Waals surface area contributed by atoms with Crippen molar-refractivity contribution >= 4 is 46.2 Å². The molecule has 2 atom stereocenters. The maximum absolute atomic E-state index is 13.5. The van der Waals surface area contributed by atoms with Gasteiger partial charge in [-0.05, 0) is 78.9 Å². The van der Waals surface area contributed by atoms with E-state index in [-0.39, 0.29) is 30.7 Å². The number of amides is 1. The summed E-state index contributed by atoms with van der Waals surface area (Å²) in [6.45, 7) is 4.26. The summed E-state index contributed by atoms with van der Waals surface area (Å²) >= 11 is 12.7. The molecule has 49 heavy (non-hydrogen) atoms. The average molecular weight is 704 g/mol. The number of halogens is 3. The molecule has 2 fully saturated rings. The number of nitrogens with zero attached hydrogens (tertiary/aromatic N) is 5. The molecule has 0 saturated carbocycles. The van der Waals surface area contributed by atoms with Crippen molar-refractivity contribution < 1.29 is 23.4 Å². The van der Waals surface area contributed by atoms with E-state index >= 15 is 0 Å². The first-order chi connectivity index (χ1) is 23.8. The third-order valence-corrected chi connectivity index (χ3v) is 9.08. The number of carbonyl (C=O) groups excluding carboxylic acids is 1. The van der Waals surface area contributed by atoms with Crippen LogP contribution < -0.4 is 19.9 Å². The Balaban J connectivity index is 0.904. The van der Waals surface area contributed by atoms with Gasteiger partial charge in [-0.15, -0.1) is 0 Å². The third-order valence-electron chi connectivity index (χ3n) is 8.53. The number of carbonyl (C=O) groups is 1. The van der Waals surface area contributed by atoms with E-state index in [9.17, 15) is 9.18 Å². The number of benzene rings is 4. The summed E-state index contributed by atoms with van der Waals surface area (Å²) in [5, 5.41) is 8.00. The molecular formula is C36H33Cl2FN6O4. The van der Waals surface area contributed by atoms with Crippen molar-refractivity contribution in [1.29, 1.82) is 0 Å². The summed E-state index contributed by atoms with van der Waals surface area (Å²) in [6, 6.07) is 26.6. The van der Waals surface area contributed by atoms with Gasteiger partial charge in [0, 0.05) is 59.4 Å². The van der Waals surface area contributed by atoms with E-state index in [1.807, 2.05) is 36.4 Å². The zero-order valence-corrected chi connectivity index (χ0v) is 27.9. The molecule has 3 heterocycles. The van der Waals surface area contributed by atoms with Crippen LogP contribution in [-0.4, -0.2) is 66.2 Å². The lowest BCUT2D eigenvalue weighted by atomic mass is 10.1. The summed E-state index contributed by atoms with van der Waals surface area (Å²) in [5.74, 6) is -1.23. The number of hydrogen-bond donors (Lipinski definition) is 1. The van der Waals surface area contributed by atoms with Crippen LogP contribution in [0.5, 0.6) is 5.75 Å². The normalized spacial score (nSPS) is 19.2. The molecule has 13 heteroatoms. The van der Waals surface area contributed by atoms with Crippen LogP contribution in [0.1, 0.15) is 15.9 Å². The van der Waals surface area contributed by atoms with Gasteiger partial charge in [-0.1, -0.05) is 35.3 Å². The average Bonchev–Trinajstić information content (AvgIpc) is 3.78. The van der Waals surface area contributed by atoms with Crippen LogP contribution in [0.3, 0.4) is 0 Å². The highest BCUT2D eigenvalue weighted by molar-refractivity contribution is 6.35. The van der Waals surface area contributed by atoms with Gasteiger partial charge in [0.25, 0.3) is 5.91 Å². The second-order valence-electron chi connectivity index (χ2n) is 11.8. The van der Waals surface area contributed by atoms with Crippen LogP contribution in [0, 0.1) is 5.82 Å². The summed E-state index contributed by atoms with van der Waals surface area (Å²) in [4.78, 5) is 21.2. The molecule has 2 aliphatic rings. The van der Waals surface area contributed by atoms with Crippen molar-refractivity contribution in [1.82, 2.24) is 14.8 Å². The molecular weight excluding hydrogens is 670 g/mol. The molecule has 0 bridgehead atoms. The van der Waals surface area contributed by atoms with E-state index in [2.05, 4.69) is 37.3 Å². The maximum Gasteiger partial charge on any atom is 0.255 e. The Morgan fingerprint density at radius 1 is 0.939 bits per heavy atom. The lowest BCUT2D eigenvalue weighted by molar-refractivity contribution is -0.190. The minimum Gasteiger partial charge on any atom is -0.491 e. The van der Waals surface area contributed by atoms with Gasteiger partial charge in [-0.25, -0.2) is 14.1 Å². The van der Waals surface area contributed by atoms with Crippen molar-refractivity contribution in [3.05, 3.63) is 131 Å². The molecule has 0 aliphatic carbocycles. The molecule has 1 amide bonds. The summed E-state index contributed by atoms with van der Waals surface area (Å²) in [6.07, 6.45) is 2.71. The molecule has 4 aromatic carbocycles. The second kappa shape index (κ2) is 14.4. The SMILES string of the molecule is O=C(Nc1ccc(N2CCN(c3ccc(OC[C@@H]4CO[C@@](Cn5cncn5)(c5ccc(Cl)cc5Cl)O4)cc3)CC2)cc1)c1cccc(F)c1. The van der Waals surface area contributed by atoms with Crippen molar-refractivity contribution in [2.75, 3.05) is 54.5 Å². The fraction of sp³-hybridized carbons (Fsp3) is 0.250. The van der Waals surface area contributed by atoms with Crippen LogP contribution in [0.15, 0.2) is 104 Å². The number of nitrogens with one attached hydrogen (secondary N) is 1. The highest BCUT2D eigenvalue weighted by Gasteiger charge is 2.45. The molecule has 10 nitrogen and oxygen atoms in total. The number of piperazine rings is 1. The Labute approximate surface area is 292 Å². The first-order valence-corrected chi connectivity index (χ1v) is 16.6. The Hall–Kier alpha value is -4.68. The van der Waals surface area contributed by atoms with Gasteiger partial charge in [0.05, 0.1) is 11.6 Å². The Morgan fingerprint density at radius 2 is 1.65 bits per heavy atom. The molecule has 7 rings (SSSR count). The number of rotatable bonds is 10. The first kappa shape index (κ1) is 32.8. The largest absolute Gasteiger partial charge is 0.491 e. The standard InChI is InChI=1S/C36H33Cl2FN6O4/c37-26-4-13-33(34(38)19-26)36(22-45-24-40-23-41-45)48-21-32(49-36)20-47-31-11-9-30(10-12-31)44-16-14-43(15-17-44)29-7-5-28(6-8-29)42-35(46)25-2-1-3-27(39)18-25/h1-13,18-19,23-24,32H,14-17,20-22H2,(H,42,46)/t32-,36-/m1/s1. The number of hydrogen-bond acceptors (Lipinski definition) is 8. The number of anilines is 3. The highest BCUT2D eigenvalue weighted by atomic mass is 35.5. The molecule has 2 aliphatic heterocycles. The minimum absolute atomic E-state index is 0.258. The molecule has 2 saturated heterocycles. The van der Waals surface area contributed by atoms with Crippen LogP contribution >= 0.6 is 23.2 Å². The Kier molecular flexibility index (Phi) is 9.67.